The van der Waals surface area contributed by atoms with Crippen molar-refractivity contribution in [1.82, 2.24) is 4.90 Å². The summed E-state index contributed by atoms with van der Waals surface area (Å²) in [6.45, 7) is 6.08. The Balaban J connectivity index is 1.74. The molecule has 2 aromatic carbocycles. The number of methoxy groups -OCH3 is 1. The quantitative estimate of drug-likeness (QED) is 0.769. The van der Waals surface area contributed by atoms with Gasteiger partial charge in [0.1, 0.15) is 5.75 Å². The van der Waals surface area contributed by atoms with E-state index in [-0.39, 0.29) is 0 Å². The maximum Gasteiger partial charge on any atom is 0.264 e. The summed E-state index contributed by atoms with van der Waals surface area (Å²) in [6, 6.07) is 11.3. The number of nitrogens with zero attached hydrogens (tertiary/aromatic N) is 3. The third kappa shape index (κ3) is 3.69. The van der Waals surface area contributed by atoms with Gasteiger partial charge < -0.3 is 14.5 Å². The van der Waals surface area contributed by atoms with Gasteiger partial charge in [0, 0.05) is 32.7 Å². The Morgan fingerprint density at radius 1 is 1.00 bits per heavy atom. The molecule has 0 saturated carbocycles. The number of rotatable bonds is 4. The van der Waals surface area contributed by atoms with Crippen molar-refractivity contribution in [2.45, 2.75) is 24.7 Å². The molecule has 0 radical (unpaired) electrons. The molecule has 0 spiro atoms. The van der Waals surface area contributed by atoms with Crippen LogP contribution >= 0.6 is 0 Å². The zero-order chi connectivity index (χ0) is 20.6. The van der Waals surface area contributed by atoms with Crippen LogP contribution in [0.1, 0.15) is 17.5 Å². The Bertz CT molecular complexity index is 998. The van der Waals surface area contributed by atoms with Crippen LogP contribution in [0.25, 0.3) is 0 Å². The average Bonchev–Trinajstić information content (AvgIpc) is 2.73. The summed E-state index contributed by atoms with van der Waals surface area (Å²) >= 11 is 0. The number of likely N-dealkylation sites (N-methyl/N-ethyl adjacent to an activating group) is 1. The van der Waals surface area contributed by atoms with Gasteiger partial charge in [-0.2, -0.15) is 0 Å². The number of ether oxygens (including phenoxy) is 1. The monoisotopic (exact) mass is 415 g/mol. The first-order chi connectivity index (χ1) is 13.9. The fourth-order valence-corrected chi connectivity index (χ4v) is 5.92. The van der Waals surface area contributed by atoms with E-state index < -0.39 is 10.0 Å². The maximum absolute atomic E-state index is 13.6. The molecule has 0 aromatic heterocycles. The third-order valence-electron chi connectivity index (χ3n) is 5.96. The van der Waals surface area contributed by atoms with Gasteiger partial charge in [0.15, 0.2) is 0 Å². The van der Waals surface area contributed by atoms with E-state index in [2.05, 4.69) is 16.8 Å². The molecule has 2 aliphatic rings. The maximum atomic E-state index is 13.6. The lowest BCUT2D eigenvalue weighted by atomic mass is 10.0. The van der Waals surface area contributed by atoms with E-state index in [9.17, 15) is 8.42 Å². The first-order valence-corrected chi connectivity index (χ1v) is 11.6. The van der Waals surface area contributed by atoms with Crippen LogP contribution in [-0.2, 0) is 16.4 Å². The summed E-state index contributed by atoms with van der Waals surface area (Å²) in [5.74, 6) is 0.712. The number of piperazine rings is 1. The highest BCUT2D eigenvalue weighted by Gasteiger charge is 2.31. The molecule has 0 amide bonds. The highest BCUT2D eigenvalue weighted by molar-refractivity contribution is 7.92. The van der Waals surface area contributed by atoms with E-state index >= 15 is 0 Å². The summed E-state index contributed by atoms with van der Waals surface area (Å²) < 4.78 is 34.4. The summed E-state index contributed by atoms with van der Waals surface area (Å²) in [7, 11) is 0.0809. The minimum atomic E-state index is -3.65. The minimum absolute atomic E-state index is 0.323. The number of fused-ring (bicyclic) bond motifs is 1. The molecular formula is C22H29N3O3S. The van der Waals surface area contributed by atoms with E-state index in [0.717, 1.165) is 61.5 Å². The van der Waals surface area contributed by atoms with Crippen molar-refractivity contribution in [3.63, 3.8) is 0 Å². The standard InChI is InChI=1S/C22H29N3O3S/c1-17-6-4-7-18-8-5-11-25(22(17)18)29(26,27)19-9-10-21(28-3)20(16-19)24-14-12-23(2)13-15-24/h4,6-7,9-10,16H,5,8,11-15H2,1-3H3. The van der Waals surface area contributed by atoms with Crippen molar-refractivity contribution in [2.75, 3.05) is 56.1 Å². The fourth-order valence-electron chi connectivity index (χ4n) is 4.30. The van der Waals surface area contributed by atoms with E-state index in [0.29, 0.717) is 17.2 Å². The molecule has 0 atom stereocenters. The first kappa shape index (κ1) is 20.0. The zero-order valence-electron chi connectivity index (χ0n) is 17.4. The molecule has 0 unspecified atom stereocenters. The van der Waals surface area contributed by atoms with Gasteiger partial charge in [0.05, 0.1) is 23.4 Å². The van der Waals surface area contributed by atoms with Gasteiger partial charge in [-0.1, -0.05) is 18.2 Å². The molecule has 2 heterocycles. The van der Waals surface area contributed by atoms with Crippen molar-refractivity contribution in [2.24, 2.45) is 0 Å². The van der Waals surface area contributed by atoms with Gasteiger partial charge in [0.25, 0.3) is 10.0 Å². The van der Waals surface area contributed by atoms with Crippen molar-refractivity contribution in [3.8, 4) is 5.75 Å². The summed E-state index contributed by atoms with van der Waals surface area (Å²) in [4.78, 5) is 4.81. The second-order valence-electron chi connectivity index (χ2n) is 7.89. The largest absolute Gasteiger partial charge is 0.495 e. The number of para-hydroxylation sites is 1. The molecule has 2 aliphatic heterocycles. The lowest BCUT2D eigenvalue weighted by Crippen LogP contribution is -2.44. The van der Waals surface area contributed by atoms with Crippen molar-refractivity contribution in [1.29, 1.82) is 0 Å². The highest BCUT2D eigenvalue weighted by Crippen LogP contribution is 2.37. The molecule has 4 rings (SSSR count). The molecule has 2 aromatic rings. The van der Waals surface area contributed by atoms with Crippen molar-refractivity contribution < 1.29 is 13.2 Å². The van der Waals surface area contributed by atoms with Gasteiger partial charge in [-0.3, -0.25) is 4.31 Å². The Morgan fingerprint density at radius 3 is 2.48 bits per heavy atom. The van der Waals surface area contributed by atoms with Crippen LogP contribution in [0.4, 0.5) is 11.4 Å². The zero-order valence-corrected chi connectivity index (χ0v) is 18.2. The molecule has 7 heteroatoms. The Labute approximate surface area is 173 Å². The predicted octanol–water partition coefficient (Wildman–Crippen LogP) is 2.90. The lowest BCUT2D eigenvalue weighted by molar-refractivity contribution is 0.311. The number of sulfonamides is 1. The van der Waals surface area contributed by atoms with Crippen LogP contribution in [-0.4, -0.2) is 60.2 Å². The minimum Gasteiger partial charge on any atom is -0.495 e. The van der Waals surface area contributed by atoms with E-state index in [1.807, 2.05) is 25.1 Å². The van der Waals surface area contributed by atoms with E-state index in [1.165, 1.54) is 0 Å². The van der Waals surface area contributed by atoms with Gasteiger partial charge >= 0.3 is 0 Å². The van der Waals surface area contributed by atoms with Crippen LogP contribution in [0, 0.1) is 6.92 Å². The first-order valence-electron chi connectivity index (χ1n) is 10.1. The molecule has 6 nitrogen and oxygen atoms in total. The summed E-state index contributed by atoms with van der Waals surface area (Å²) in [5.41, 5.74) is 3.80. The van der Waals surface area contributed by atoms with Crippen molar-refractivity contribution >= 4 is 21.4 Å². The van der Waals surface area contributed by atoms with E-state index in [4.69, 9.17) is 4.74 Å². The third-order valence-corrected chi connectivity index (χ3v) is 7.76. The topological polar surface area (TPSA) is 53.1 Å². The molecule has 0 bridgehead atoms. The highest BCUT2D eigenvalue weighted by atomic mass is 32.2. The van der Waals surface area contributed by atoms with Gasteiger partial charge in [0.2, 0.25) is 0 Å². The SMILES string of the molecule is COc1ccc(S(=O)(=O)N2CCCc3cccc(C)c32)cc1N1CCN(C)CC1. The van der Waals surface area contributed by atoms with Crippen LogP contribution < -0.4 is 13.9 Å². The molecule has 0 N–H and O–H groups in total. The van der Waals surface area contributed by atoms with Crippen molar-refractivity contribution in [3.05, 3.63) is 47.5 Å². The average molecular weight is 416 g/mol. The molecule has 29 heavy (non-hydrogen) atoms. The Kier molecular flexibility index (Phi) is 5.44. The van der Waals surface area contributed by atoms with E-state index in [1.54, 1.807) is 29.6 Å². The second kappa shape index (κ2) is 7.88. The predicted molar refractivity (Wildman–Crippen MR) is 117 cm³/mol. The normalized spacial score (nSPS) is 17.9. The number of hydrogen-bond donors (Lipinski definition) is 0. The van der Waals surface area contributed by atoms with Crippen LogP contribution in [0.3, 0.4) is 0 Å². The molecular weight excluding hydrogens is 386 g/mol. The fraction of sp³-hybridized carbons (Fsp3) is 0.455. The van der Waals surface area contributed by atoms with Gasteiger partial charge in [-0.25, -0.2) is 8.42 Å². The number of aryl methyl sites for hydroxylation is 2. The molecule has 0 aliphatic carbocycles. The Hall–Kier alpha value is -2.25. The smallest absolute Gasteiger partial charge is 0.264 e. The summed E-state index contributed by atoms with van der Waals surface area (Å²) in [5, 5.41) is 0. The van der Waals surface area contributed by atoms with Gasteiger partial charge in [-0.15, -0.1) is 0 Å². The lowest BCUT2D eigenvalue weighted by Gasteiger charge is -2.35. The Morgan fingerprint density at radius 2 is 1.76 bits per heavy atom. The van der Waals surface area contributed by atoms with Crippen LogP contribution in [0.2, 0.25) is 0 Å². The van der Waals surface area contributed by atoms with Gasteiger partial charge in [-0.05, 0) is 56.1 Å². The van der Waals surface area contributed by atoms with Crippen LogP contribution in [0.15, 0.2) is 41.3 Å². The molecule has 1 fully saturated rings. The number of benzene rings is 2. The second-order valence-corrected chi connectivity index (χ2v) is 9.75. The van der Waals surface area contributed by atoms with Crippen LogP contribution in [0.5, 0.6) is 5.75 Å². The molecule has 1 saturated heterocycles. The number of anilines is 2. The number of hydrogen-bond acceptors (Lipinski definition) is 5. The summed E-state index contributed by atoms with van der Waals surface area (Å²) in [6.07, 6.45) is 1.75. The molecule has 156 valence electrons.